The summed E-state index contributed by atoms with van der Waals surface area (Å²) in [5.74, 6) is 1.16. The molecule has 3 rings (SSSR count). The Morgan fingerprint density at radius 2 is 1.96 bits per heavy atom. The maximum Gasteiger partial charge on any atom is 0.276 e. The second kappa shape index (κ2) is 8.12. The van der Waals surface area contributed by atoms with Crippen LogP contribution in [0.2, 0.25) is 0 Å². The highest BCUT2D eigenvalue weighted by Gasteiger charge is 2.36. The third-order valence-electron chi connectivity index (χ3n) is 5.42. The highest BCUT2D eigenvalue weighted by atomic mass is 16.5. The van der Waals surface area contributed by atoms with Gasteiger partial charge in [0.05, 0.1) is 0 Å². The summed E-state index contributed by atoms with van der Waals surface area (Å²) in [4.78, 5) is 17.0. The molecule has 1 N–H and O–H groups in total. The van der Waals surface area contributed by atoms with E-state index in [-0.39, 0.29) is 18.4 Å². The summed E-state index contributed by atoms with van der Waals surface area (Å²) in [6.45, 7) is 6.70. The summed E-state index contributed by atoms with van der Waals surface area (Å²) in [5.41, 5.74) is 0.388. The summed E-state index contributed by atoms with van der Waals surface area (Å²) in [6.07, 6.45) is 5.90. The van der Waals surface area contributed by atoms with Gasteiger partial charge in [-0.25, -0.2) is 0 Å². The fraction of sp³-hybridized carbons (Fsp3) is 0.778. The van der Waals surface area contributed by atoms with Crippen LogP contribution in [0.3, 0.4) is 0 Å². The number of likely N-dealkylation sites (tertiary alicyclic amines) is 2. The summed E-state index contributed by atoms with van der Waals surface area (Å²) in [7, 11) is 0. The average molecular weight is 335 g/mol. The van der Waals surface area contributed by atoms with Gasteiger partial charge >= 0.3 is 0 Å². The Labute approximate surface area is 143 Å². The first-order chi connectivity index (χ1) is 11.7. The number of hydrogen-bond acceptors (Lipinski definition) is 5. The predicted molar refractivity (Wildman–Crippen MR) is 90.8 cm³/mol. The van der Waals surface area contributed by atoms with Gasteiger partial charge < -0.3 is 19.4 Å². The number of amides is 1. The number of rotatable bonds is 5. The van der Waals surface area contributed by atoms with Gasteiger partial charge in [0.2, 0.25) is 0 Å². The molecule has 2 atom stereocenters. The van der Waals surface area contributed by atoms with E-state index in [2.05, 4.69) is 10.1 Å². The minimum absolute atomic E-state index is 0.0738. The molecule has 6 nitrogen and oxygen atoms in total. The van der Waals surface area contributed by atoms with Crippen LogP contribution in [0.15, 0.2) is 10.6 Å². The van der Waals surface area contributed by atoms with Gasteiger partial charge in [-0.3, -0.25) is 4.79 Å². The lowest BCUT2D eigenvalue weighted by atomic mass is 9.96. The second-order valence-electron chi connectivity index (χ2n) is 7.16. The molecular formula is C18H29N3O3. The molecule has 6 heteroatoms. The SMILES string of the molecule is CCc1cc(C(=O)N2C[C@@H](CN3CCCCCC3)[C@@H](CO)C2)no1. The lowest BCUT2D eigenvalue weighted by Crippen LogP contribution is -2.35. The van der Waals surface area contributed by atoms with Crippen molar-refractivity contribution < 1.29 is 14.4 Å². The first-order valence-corrected chi connectivity index (χ1v) is 9.29. The molecule has 1 aromatic heterocycles. The molecule has 0 radical (unpaired) electrons. The largest absolute Gasteiger partial charge is 0.396 e. The van der Waals surface area contributed by atoms with E-state index in [0.717, 1.165) is 31.8 Å². The van der Waals surface area contributed by atoms with Gasteiger partial charge in [0, 0.05) is 44.6 Å². The van der Waals surface area contributed by atoms with Gasteiger partial charge in [0.25, 0.3) is 5.91 Å². The third kappa shape index (κ3) is 3.98. The Morgan fingerprint density at radius 3 is 2.58 bits per heavy atom. The van der Waals surface area contributed by atoms with Crippen LogP contribution < -0.4 is 0 Å². The van der Waals surface area contributed by atoms with Crippen LogP contribution in [-0.4, -0.2) is 65.3 Å². The zero-order chi connectivity index (χ0) is 16.9. The van der Waals surface area contributed by atoms with Gasteiger partial charge in [-0.05, 0) is 31.8 Å². The minimum atomic E-state index is -0.0738. The minimum Gasteiger partial charge on any atom is -0.396 e. The van der Waals surface area contributed by atoms with E-state index >= 15 is 0 Å². The zero-order valence-corrected chi connectivity index (χ0v) is 14.6. The van der Waals surface area contributed by atoms with Crippen molar-refractivity contribution in [1.82, 2.24) is 15.0 Å². The van der Waals surface area contributed by atoms with Crippen molar-refractivity contribution in [1.29, 1.82) is 0 Å². The van der Waals surface area contributed by atoms with Crippen molar-refractivity contribution >= 4 is 5.91 Å². The molecule has 0 aromatic carbocycles. The highest BCUT2D eigenvalue weighted by molar-refractivity contribution is 5.92. The summed E-state index contributed by atoms with van der Waals surface area (Å²) in [5, 5.41) is 13.6. The fourth-order valence-corrected chi connectivity index (χ4v) is 3.91. The van der Waals surface area contributed by atoms with Gasteiger partial charge in [-0.1, -0.05) is 24.9 Å². The smallest absolute Gasteiger partial charge is 0.276 e. The molecule has 1 amide bonds. The van der Waals surface area contributed by atoms with Gasteiger partial charge in [-0.15, -0.1) is 0 Å². The van der Waals surface area contributed by atoms with Gasteiger partial charge in [-0.2, -0.15) is 0 Å². The number of aliphatic hydroxyl groups excluding tert-OH is 1. The third-order valence-corrected chi connectivity index (χ3v) is 5.42. The van der Waals surface area contributed by atoms with Crippen molar-refractivity contribution in [2.75, 3.05) is 39.3 Å². The van der Waals surface area contributed by atoms with Crippen molar-refractivity contribution in [3.05, 3.63) is 17.5 Å². The average Bonchev–Trinajstić information content (AvgIpc) is 3.16. The van der Waals surface area contributed by atoms with Crippen LogP contribution in [-0.2, 0) is 6.42 Å². The monoisotopic (exact) mass is 335 g/mol. The highest BCUT2D eigenvalue weighted by Crippen LogP contribution is 2.26. The number of aliphatic hydroxyl groups is 1. The van der Waals surface area contributed by atoms with E-state index < -0.39 is 0 Å². The number of carbonyl (C=O) groups excluding carboxylic acids is 1. The van der Waals surface area contributed by atoms with Crippen molar-refractivity contribution in [2.24, 2.45) is 11.8 Å². The van der Waals surface area contributed by atoms with Crippen molar-refractivity contribution in [3.63, 3.8) is 0 Å². The van der Waals surface area contributed by atoms with Crippen molar-refractivity contribution in [3.8, 4) is 0 Å². The number of nitrogens with zero attached hydrogens (tertiary/aromatic N) is 3. The lowest BCUT2D eigenvalue weighted by molar-refractivity contribution is 0.0768. The quantitative estimate of drug-likeness (QED) is 0.888. The molecule has 1 aromatic rings. The molecule has 0 spiro atoms. The summed E-state index contributed by atoms with van der Waals surface area (Å²) in [6, 6.07) is 1.73. The molecule has 134 valence electrons. The van der Waals surface area contributed by atoms with Crippen LogP contribution in [0.25, 0.3) is 0 Å². The van der Waals surface area contributed by atoms with Crippen LogP contribution in [0.1, 0.15) is 48.9 Å². The Bertz CT molecular complexity index is 537. The molecule has 0 unspecified atom stereocenters. The number of aryl methyl sites for hydroxylation is 1. The summed E-state index contributed by atoms with van der Waals surface area (Å²) < 4.78 is 5.15. The van der Waals surface area contributed by atoms with E-state index in [1.807, 2.05) is 11.8 Å². The molecule has 0 aliphatic carbocycles. The normalized spacial score (nSPS) is 25.8. The van der Waals surface area contributed by atoms with Crippen LogP contribution in [0.5, 0.6) is 0 Å². The van der Waals surface area contributed by atoms with E-state index in [1.54, 1.807) is 6.07 Å². The van der Waals surface area contributed by atoms with E-state index in [4.69, 9.17) is 4.52 Å². The van der Waals surface area contributed by atoms with Crippen molar-refractivity contribution in [2.45, 2.75) is 39.0 Å². The molecule has 2 fully saturated rings. The Morgan fingerprint density at radius 1 is 1.25 bits per heavy atom. The maximum atomic E-state index is 12.6. The lowest BCUT2D eigenvalue weighted by Gasteiger charge is -2.26. The molecule has 0 bridgehead atoms. The fourth-order valence-electron chi connectivity index (χ4n) is 3.91. The number of hydrogen-bond donors (Lipinski definition) is 1. The maximum absolute atomic E-state index is 12.6. The molecule has 0 saturated carbocycles. The number of carbonyl (C=O) groups is 1. The van der Waals surface area contributed by atoms with Gasteiger partial charge in [0.1, 0.15) is 5.76 Å². The van der Waals surface area contributed by atoms with Crippen LogP contribution >= 0.6 is 0 Å². The van der Waals surface area contributed by atoms with Crippen LogP contribution in [0, 0.1) is 11.8 Å². The van der Waals surface area contributed by atoms with Crippen LogP contribution in [0.4, 0.5) is 0 Å². The molecular weight excluding hydrogens is 306 g/mol. The Balaban J connectivity index is 1.61. The standard InChI is InChI=1S/C18H29N3O3/c1-2-16-9-17(19-24-16)18(23)21-11-14(15(12-21)13-22)10-20-7-5-3-4-6-8-20/h9,14-15,22H,2-8,10-13H2,1H3/t14-,15-/m1/s1. The first-order valence-electron chi connectivity index (χ1n) is 9.29. The molecule has 3 heterocycles. The number of aromatic nitrogens is 1. The summed E-state index contributed by atoms with van der Waals surface area (Å²) >= 11 is 0. The first kappa shape index (κ1) is 17.4. The molecule has 2 aliphatic rings. The van der Waals surface area contributed by atoms with Gasteiger partial charge in [0.15, 0.2) is 5.69 Å². The van der Waals surface area contributed by atoms with E-state index in [0.29, 0.717) is 24.7 Å². The van der Waals surface area contributed by atoms with E-state index in [9.17, 15) is 9.90 Å². The predicted octanol–water partition coefficient (Wildman–Crippen LogP) is 1.79. The topological polar surface area (TPSA) is 69.8 Å². The zero-order valence-electron chi connectivity index (χ0n) is 14.6. The molecule has 2 saturated heterocycles. The molecule has 2 aliphatic heterocycles. The second-order valence-corrected chi connectivity index (χ2v) is 7.16. The Kier molecular flexibility index (Phi) is 5.89. The van der Waals surface area contributed by atoms with E-state index in [1.165, 1.54) is 25.7 Å². The Hall–Kier alpha value is -1.40. The molecule has 24 heavy (non-hydrogen) atoms.